The number of fused-ring (bicyclic) bond motifs is 2. The molecule has 3 N–H and O–H groups in total. The number of amides is 1. The van der Waals surface area contributed by atoms with Crippen molar-refractivity contribution in [3.05, 3.63) is 54.6 Å². The minimum Gasteiger partial charge on any atom is -0.744 e. The fraction of sp³-hybridized carbons (Fsp3) is 0.0455. The molecule has 4 aromatic carbocycles. The first-order valence-electron chi connectivity index (χ1n) is 9.93. The van der Waals surface area contributed by atoms with E-state index in [0.717, 1.165) is 6.07 Å². The van der Waals surface area contributed by atoms with Gasteiger partial charge in [-0.05, 0) is 30.3 Å². The SMILES string of the molecule is CC(=O)Nc1ccc(N=Nc2cc3c(O)c4ccccc4c(O)c3c(S(=O)(=O)[O-])c2S(=O)(=O)[O-])cc1.[Na+].[Na+]. The number of phenolic OH excluding ortho intramolecular Hbond substituents is 2. The van der Waals surface area contributed by atoms with Crippen LogP contribution in [0.25, 0.3) is 21.5 Å². The van der Waals surface area contributed by atoms with Gasteiger partial charge in [0, 0.05) is 34.2 Å². The molecule has 0 aliphatic heterocycles. The van der Waals surface area contributed by atoms with Gasteiger partial charge in [-0.2, -0.15) is 5.11 Å². The number of carbonyl (C=O) groups is 1. The Balaban J connectivity index is 0.00000253. The van der Waals surface area contributed by atoms with Crippen molar-refractivity contribution in [2.75, 3.05) is 5.32 Å². The molecule has 0 aliphatic rings. The number of hydrogen-bond acceptors (Lipinski definition) is 11. The standard InChI is InChI=1S/C22H17N3O9S2.2Na/c1-11(26)23-12-6-8-13(9-7-12)24-25-17-10-16-18(22(36(32,33)34)21(17)35(29,30)31)20(28)15-5-3-2-4-14(15)19(16)27;;/h2-10,27-28H,1H3,(H,23,26)(H,29,30,31)(H,32,33,34);;/q;2*+1/p-2. The van der Waals surface area contributed by atoms with E-state index in [-0.39, 0.29) is 81.5 Å². The van der Waals surface area contributed by atoms with Gasteiger partial charge in [-0.1, -0.05) is 24.3 Å². The Morgan fingerprint density at radius 1 is 0.789 bits per heavy atom. The van der Waals surface area contributed by atoms with E-state index in [0.29, 0.717) is 5.69 Å². The summed E-state index contributed by atoms with van der Waals surface area (Å²) >= 11 is 0. The first-order valence-corrected chi connectivity index (χ1v) is 12.7. The predicted molar refractivity (Wildman–Crippen MR) is 126 cm³/mol. The number of azo groups is 1. The van der Waals surface area contributed by atoms with Gasteiger partial charge in [0.2, 0.25) is 5.91 Å². The summed E-state index contributed by atoms with van der Waals surface area (Å²) in [7, 11) is -11.4. The normalized spacial score (nSPS) is 11.8. The molecule has 0 radical (unpaired) electrons. The van der Waals surface area contributed by atoms with Gasteiger partial charge in [0.05, 0.1) is 10.6 Å². The molecule has 0 fully saturated rings. The van der Waals surface area contributed by atoms with Crippen molar-refractivity contribution in [1.82, 2.24) is 0 Å². The number of nitrogens with zero attached hydrogens (tertiary/aromatic N) is 2. The summed E-state index contributed by atoms with van der Waals surface area (Å²) in [6.07, 6.45) is 0. The summed E-state index contributed by atoms with van der Waals surface area (Å²) in [6, 6.07) is 12.2. The van der Waals surface area contributed by atoms with Crippen LogP contribution < -0.4 is 64.4 Å². The molecule has 0 saturated heterocycles. The fourth-order valence-electron chi connectivity index (χ4n) is 3.71. The van der Waals surface area contributed by atoms with Crippen molar-refractivity contribution in [1.29, 1.82) is 0 Å². The first kappa shape index (κ1) is 32.1. The summed E-state index contributed by atoms with van der Waals surface area (Å²) in [5, 5.41) is 30.2. The molecule has 16 heteroatoms. The van der Waals surface area contributed by atoms with Gasteiger partial charge in [0.15, 0.2) is 0 Å². The second kappa shape index (κ2) is 12.0. The summed E-state index contributed by atoms with van der Waals surface area (Å²) in [5.41, 5.74) is -0.319. The molecule has 12 nitrogen and oxygen atoms in total. The Morgan fingerprint density at radius 2 is 1.32 bits per heavy atom. The molecule has 0 aliphatic carbocycles. The van der Waals surface area contributed by atoms with Gasteiger partial charge in [-0.25, -0.2) is 16.8 Å². The van der Waals surface area contributed by atoms with Crippen LogP contribution in [0.4, 0.5) is 17.1 Å². The Labute approximate surface area is 260 Å². The third kappa shape index (κ3) is 6.37. The van der Waals surface area contributed by atoms with Gasteiger partial charge in [0.25, 0.3) is 0 Å². The van der Waals surface area contributed by atoms with Gasteiger partial charge < -0.3 is 24.6 Å². The van der Waals surface area contributed by atoms with Crippen LogP contribution in [0.3, 0.4) is 0 Å². The molecule has 0 atom stereocenters. The maximum Gasteiger partial charge on any atom is 1.00 e. The smallest absolute Gasteiger partial charge is 0.744 e. The number of phenols is 2. The zero-order valence-electron chi connectivity index (χ0n) is 20.2. The zero-order chi connectivity index (χ0) is 26.4. The second-order valence-corrected chi connectivity index (χ2v) is 10.2. The Kier molecular flexibility index (Phi) is 10.1. The Morgan fingerprint density at radius 3 is 1.82 bits per heavy atom. The minimum atomic E-state index is -5.72. The molecule has 186 valence electrons. The van der Waals surface area contributed by atoms with Crippen molar-refractivity contribution in [2.24, 2.45) is 10.2 Å². The van der Waals surface area contributed by atoms with E-state index < -0.39 is 58.0 Å². The number of carbonyl (C=O) groups excluding carboxylic acids is 1. The molecule has 0 heterocycles. The van der Waals surface area contributed by atoms with E-state index in [9.17, 15) is 40.9 Å². The van der Waals surface area contributed by atoms with Crippen LogP contribution in [0.2, 0.25) is 0 Å². The number of hydrogen-bond donors (Lipinski definition) is 3. The summed E-state index contributed by atoms with van der Waals surface area (Å²) < 4.78 is 73.0. The molecule has 0 unspecified atom stereocenters. The fourth-order valence-corrected chi connectivity index (χ4v) is 5.79. The van der Waals surface area contributed by atoms with Crippen LogP contribution in [-0.2, 0) is 25.0 Å². The quantitative estimate of drug-likeness (QED) is 0.0760. The molecule has 4 rings (SSSR count). The maximum absolute atomic E-state index is 12.2. The van der Waals surface area contributed by atoms with Crippen molar-refractivity contribution in [2.45, 2.75) is 16.7 Å². The van der Waals surface area contributed by atoms with Crippen molar-refractivity contribution >= 4 is 64.8 Å². The van der Waals surface area contributed by atoms with Gasteiger partial charge in [-0.3, -0.25) is 4.79 Å². The predicted octanol–water partition coefficient (Wildman–Crippen LogP) is -2.41. The first-order chi connectivity index (χ1) is 16.8. The van der Waals surface area contributed by atoms with Gasteiger partial charge in [0.1, 0.15) is 42.3 Å². The van der Waals surface area contributed by atoms with Crippen molar-refractivity contribution in [3.63, 3.8) is 0 Å². The van der Waals surface area contributed by atoms with Crippen LogP contribution in [-0.4, -0.2) is 42.1 Å². The van der Waals surface area contributed by atoms with Gasteiger partial charge >= 0.3 is 59.1 Å². The zero-order valence-corrected chi connectivity index (χ0v) is 25.8. The van der Waals surface area contributed by atoms with Crippen molar-refractivity contribution in [3.8, 4) is 11.5 Å². The molecule has 1 amide bonds. The Hall–Kier alpha value is -2.11. The maximum atomic E-state index is 12.2. The second-order valence-electron chi connectivity index (χ2n) is 7.56. The number of rotatable bonds is 5. The third-order valence-electron chi connectivity index (χ3n) is 5.11. The molecule has 0 aromatic heterocycles. The average molecular weight is 575 g/mol. The van der Waals surface area contributed by atoms with Gasteiger partial charge in [-0.15, -0.1) is 5.11 Å². The van der Waals surface area contributed by atoms with Crippen LogP contribution in [0.5, 0.6) is 11.5 Å². The number of aromatic hydroxyl groups is 2. The largest absolute Gasteiger partial charge is 1.00 e. The molecular formula is C22H15N3Na2O9S2. The van der Waals surface area contributed by atoms with E-state index >= 15 is 0 Å². The molecule has 0 saturated carbocycles. The van der Waals surface area contributed by atoms with Crippen LogP contribution >= 0.6 is 0 Å². The number of anilines is 1. The molecule has 38 heavy (non-hydrogen) atoms. The van der Waals surface area contributed by atoms with Crippen LogP contribution in [0, 0.1) is 0 Å². The van der Waals surface area contributed by atoms with E-state index in [4.69, 9.17) is 0 Å². The topological polar surface area (TPSA) is 209 Å². The van der Waals surface area contributed by atoms with Crippen LogP contribution in [0.15, 0.2) is 74.6 Å². The third-order valence-corrected chi connectivity index (χ3v) is 7.06. The van der Waals surface area contributed by atoms with Crippen LogP contribution in [0.1, 0.15) is 6.92 Å². The average Bonchev–Trinajstić information content (AvgIpc) is 2.79. The van der Waals surface area contributed by atoms with E-state index in [1.165, 1.54) is 55.5 Å². The monoisotopic (exact) mass is 575 g/mol. The summed E-state index contributed by atoms with van der Waals surface area (Å²) in [4.78, 5) is 8.07. The number of nitrogens with one attached hydrogen (secondary N) is 1. The molecular weight excluding hydrogens is 560 g/mol. The molecule has 0 bridgehead atoms. The summed E-state index contributed by atoms with van der Waals surface area (Å²) in [5.74, 6) is -1.74. The van der Waals surface area contributed by atoms with E-state index in [1.54, 1.807) is 0 Å². The Bertz CT molecular complexity index is 1810. The minimum absolute atomic E-state index is 0. The summed E-state index contributed by atoms with van der Waals surface area (Å²) in [6.45, 7) is 1.30. The molecule has 0 spiro atoms. The van der Waals surface area contributed by atoms with E-state index in [2.05, 4.69) is 15.5 Å². The van der Waals surface area contributed by atoms with E-state index in [1.807, 2.05) is 0 Å². The number of benzene rings is 4. The van der Waals surface area contributed by atoms with Crippen molar-refractivity contribution < 1.29 is 100 Å². The molecule has 4 aromatic rings.